The van der Waals surface area contributed by atoms with Crippen LogP contribution in [0.4, 0.5) is 8.78 Å². The van der Waals surface area contributed by atoms with E-state index in [9.17, 15) is 8.78 Å². The molecule has 0 spiro atoms. The topological polar surface area (TPSA) is 45.6 Å². The molecule has 0 aromatic heterocycles. The van der Waals surface area contributed by atoms with Gasteiger partial charge in [-0.05, 0) is 31.5 Å². The Bertz CT molecular complexity index is 705. The highest BCUT2D eigenvalue weighted by Crippen LogP contribution is 2.17. The molecule has 0 radical (unpaired) electrons. The van der Waals surface area contributed by atoms with E-state index >= 15 is 0 Å². The predicted molar refractivity (Wildman–Crippen MR) is 111 cm³/mol. The van der Waals surface area contributed by atoms with Crippen LogP contribution in [0.2, 0.25) is 0 Å². The molecule has 0 atom stereocenters. The number of nitrogens with zero attached hydrogens (tertiary/aromatic N) is 1. The summed E-state index contributed by atoms with van der Waals surface area (Å²) in [5.74, 6) is 0.315. The van der Waals surface area contributed by atoms with Crippen molar-refractivity contribution in [2.45, 2.75) is 19.9 Å². The second kappa shape index (κ2) is 11.7. The summed E-state index contributed by atoms with van der Waals surface area (Å²) < 4.78 is 32.8. The normalized spacial score (nSPS) is 10.8. The lowest BCUT2D eigenvalue weighted by Gasteiger charge is -2.14. The Labute approximate surface area is 170 Å². The molecule has 0 aliphatic carbocycles. The molecule has 0 aliphatic rings. The van der Waals surface area contributed by atoms with Gasteiger partial charge in [-0.1, -0.05) is 24.3 Å². The fraction of sp³-hybridized carbons (Fsp3) is 0.316. The molecule has 0 heterocycles. The maximum Gasteiger partial charge on any atom is 0.191 e. The van der Waals surface area contributed by atoms with Crippen LogP contribution in [-0.2, 0) is 13.0 Å². The van der Waals surface area contributed by atoms with E-state index in [4.69, 9.17) is 4.74 Å². The summed E-state index contributed by atoms with van der Waals surface area (Å²) in [6.07, 6.45) is 0.231. The highest BCUT2D eigenvalue weighted by atomic mass is 127. The molecule has 26 heavy (non-hydrogen) atoms. The van der Waals surface area contributed by atoms with Gasteiger partial charge in [0.15, 0.2) is 5.96 Å². The lowest BCUT2D eigenvalue weighted by atomic mass is 10.1. The van der Waals surface area contributed by atoms with E-state index in [2.05, 4.69) is 15.6 Å². The third kappa shape index (κ3) is 6.44. The monoisotopic (exact) mass is 475 g/mol. The van der Waals surface area contributed by atoms with Crippen LogP contribution in [-0.4, -0.2) is 26.2 Å². The number of benzene rings is 2. The molecule has 0 aliphatic heterocycles. The average Bonchev–Trinajstić information content (AvgIpc) is 2.61. The molecule has 2 N–H and O–H groups in total. The van der Waals surface area contributed by atoms with Gasteiger partial charge in [-0.15, -0.1) is 24.0 Å². The molecular formula is C19H24F2IN3O. The van der Waals surface area contributed by atoms with Crippen LogP contribution in [0.15, 0.2) is 47.5 Å². The SMILES string of the molecule is CCOc1ccccc1CNC(=NC)NCCc1c(F)cccc1F.I. The first-order valence-electron chi connectivity index (χ1n) is 8.23. The standard InChI is InChI=1S/C19H23F2N3O.HI/c1-3-25-18-10-5-4-7-14(18)13-24-19(22-2)23-12-11-15-16(20)8-6-9-17(15)21;/h4-10H,3,11-13H2,1-2H3,(H2,22,23,24);1H. The number of rotatable bonds is 7. The molecule has 7 heteroatoms. The van der Waals surface area contributed by atoms with Gasteiger partial charge in [0.2, 0.25) is 0 Å². The van der Waals surface area contributed by atoms with Gasteiger partial charge >= 0.3 is 0 Å². The van der Waals surface area contributed by atoms with E-state index in [-0.39, 0.29) is 36.0 Å². The van der Waals surface area contributed by atoms with Crippen LogP contribution >= 0.6 is 24.0 Å². The minimum absolute atomic E-state index is 0. The summed E-state index contributed by atoms with van der Waals surface area (Å²) in [6.45, 7) is 3.43. The van der Waals surface area contributed by atoms with Crippen LogP contribution in [0, 0.1) is 11.6 Å². The molecule has 2 aromatic carbocycles. The number of guanidine groups is 1. The van der Waals surface area contributed by atoms with E-state index < -0.39 is 11.6 Å². The molecule has 0 saturated carbocycles. The summed E-state index contributed by atoms with van der Waals surface area (Å²) in [7, 11) is 1.65. The van der Waals surface area contributed by atoms with Gasteiger partial charge in [0.05, 0.1) is 6.61 Å². The number of hydrogen-bond donors (Lipinski definition) is 2. The third-order valence-electron chi connectivity index (χ3n) is 3.67. The molecule has 0 unspecified atom stereocenters. The van der Waals surface area contributed by atoms with Gasteiger partial charge in [0.25, 0.3) is 0 Å². The number of aliphatic imine (C=N–C) groups is 1. The molecular weight excluding hydrogens is 451 g/mol. The molecule has 0 bridgehead atoms. The fourth-order valence-corrected chi connectivity index (χ4v) is 2.42. The Hall–Kier alpha value is -1.90. The first-order chi connectivity index (χ1) is 12.2. The maximum absolute atomic E-state index is 13.6. The van der Waals surface area contributed by atoms with Crippen LogP contribution < -0.4 is 15.4 Å². The highest BCUT2D eigenvalue weighted by molar-refractivity contribution is 14.0. The Balaban J connectivity index is 0.00000338. The maximum atomic E-state index is 13.6. The molecule has 4 nitrogen and oxygen atoms in total. The molecule has 2 rings (SSSR count). The zero-order valence-electron chi connectivity index (χ0n) is 14.9. The molecule has 142 valence electrons. The highest BCUT2D eigenvalue weighted by Gasteiger charge is 2.08. The minimum atomic E-state index is -0.532. The zero-order valence-corrected chi connectivity index (χ0v) is 17.2. The number of ether oxygens (including phenoxy) is 1. The second-order valence-electron chi connectivity index (χ2n) is 5.34. The summed E-state index contributed by atoms with van der Waals surface area (Å²) >= 11 is 0. The van der Waals surface area contributed by atoms with Crippen molar-refractivity contribution < 1.29 is 13.5 Å². The van der Waals surface area contributed by atoms with Gasteiger partial charge in [0.1, 0.15) is 17.4 Å². The molecule has 0 saturated heterocycles. The van der Waals surface area contributed by atoms with Crippen LogP contribution in [0.25, 0.3) is 0 Å². The van der Waals surface area contributed by atoms with Crippen molar-refractivity contribution in [1.29, 1.82) is 0 Å². The average molecular weight is 475 g/mol. The van der Waals surface area contributed by atoms with E-state index in [1.165, 1.54) is 18.2 Å². The van der Waals surface area contributed by atoms with E-state index in [0.717, 1.165) is 11.3 Å². The smallest absolute Gasteiger partial charge is 0.191 e. The number of para-hydroxylation sites is 1. The second-order valence-corrected chi connectivity index (χ2v) is 5.34. The summed E-state index contributed by atoms with van der Waals surface area (Å²) in [5.41, 5.74) is 1.08. The van der Waals surface area contributed by atoms with E-state index in [1.807, 2.05) is 31.2 Å². The van der Waals surface area contributed by atoms with Crippen LogP contribution in [0.5, 0.6) is 5.75 Å². The van der Waals surface area contributed by atoms with Crippen molar-refractivity contribution >= 4 is 29.9 Å². The van der Waals surface area contributed by atoms with Crippen molar-refractivity contribution in [3.8, 4) is 5.75 Å². The summed E-state index contributed by atoms with van der Waals surface area (Å²) in [5, 5.41) is 6.23. The summed E-state index contributed by atoms with van der Waals surface area (Å²) in [4.78, 5) is 4.12. The van der Waals surface area contributed by atoms with Gasteiger partial charge in [-0.3, -0.25) is 4.99 Å². The zero-order chi connectivity index (χ0) is 18.1. The van der Waals surface area contributed by atoms with E-state index in [1.54, 1.807) is 7.05 Å². The first-order valence-corrected chi connectivity index (χ1v) is 8.23. The minimum Gasteiger partial charge on any atom is -0.494 e. The van der Waals surface area contributed by atoms with Crippen molar-refractivity contribution in [3.63, 3.8) is 0 Å². The first kappa shape index (κ1) is 22.1. The Morgan fingerprint density at radius 2 is 1.73 bits per heavy atom. The number of nitrogens with one attached hydrogen (secondary N) is 2. The fourth-order valence-electron chi connectivity index (χ4n) is 2.42. The third-order valence-corrected chi connectivity index (χ3v) is 3.67. The van der Waals surface area contributed by atoms with E-state index in [0.29, 0.717) is 25.7 Å². The van der Waals surface area contributed by atoms with Gasteiger partial charge < -0.3 is 15.4 Å². The molecule has 0 amide bonds. The largest absolute Gasteiger partial charge is 0.494 e. The van der Waals surface area contributed by atoms with Crippen LogP contribution in [0.3, 0.4) is 0 Å². The Morgan fingerprint density at radius 3 is 2.38 bits per heavy atom. The van der Waals surface area contributed by atoms with Crippen molar-refractivity contribution in [3.05, 3.63) is 65.2 Å². The van der Waals surface area contributed by atoms with Crippen molar-refractivity contribution in [2.24, 2.45) is 4.99 Å². The summed E-state index contributed by atoms with van der Waals surface area (Å²) in [6, 6.07) is 11.6. The number of halogens is 3. The van der Waals surface area contributed by atoms with Gasteiger partial charge in [0, 0.05) is 31.3 Å². The predicted octanol–water partition coefficient (Wildman–Crippen LogP) is 3.89. The molecule has 0 fully saturated rings. The van der Waals surface area contributed by atoms with Gasteiger partial charge in [-0.25, -0.2) is 8.78 Å². The lowest BCUT2D eigenvalue weighted by Crippen LogP contribution is -2.38. The molecule has 2 aromatic rings. The van der Waals surface area contributed by atoms with Crippen molar-refractivity contribution in [1.82, 2.24) is 10.6 Å². The lowest BCUT2D eigenvalue weighted by molar-refractivity contribution is 0.336. The van der Waals surface area contributed by atoms with Gasteiger partial charge in [-0.2, -0.15) is 0 Å². The number of hydrogen-bond acceptors (Lipinski definition) is 2. The van der Waals surface area contributed by atoms with Crippen molar-refractivity contribution in [2.75, 3.05) is 20.2 Å². The van der Waals surface area contributed by atoms with Crippen LogP contribution in [0.1, 0.15) is 18.1 Å². The quantitative estimate of drug-likeness (QED) is 0.363. The Kier molecular flexibility index (Phi) is 9.93. The Morgan fingerprint density at radius 1 is 1.04 bits per heavy atom.